The molecule has 0 atom stereocenters. The largest absolute Gasteiger partial charge is 0.322 e. The molecule has 0 unspecified atom stereocenters. The van der Waals surface area contributed by atoms with Crippen molar-refractivity contribution >= 4 is 43.2 Å². The summed E-state index contributed by atoms with van der Waals surface area (Å²) in [6.45, 7) is 3.61. The maximum atomic E-state index is 12.3. The van der Waals surface area contributed by atoms with Gasteiger partial charge < -0.3 is 5.32 Å². The van der Waals surface area contributed by atoms with Crippen LogP contribution in [0.3, 0.4) is 0 Å². The summed E-state index contributed by atoms with van der Waals surface area (Å²) in [6.07, 6.45) is 1.46. The van der Waals surface area contributed by atoms with Crippen LogP contribution in [0.2, 0.25) is 0 Å². The standard InChI is InChI=1S/C17H15N3O3S2/c1-2-9-19-25(22,23)14-6-3-12(4-7-14)17(21)20-13-5-8-16-15(10-13)18-11-24-16/h2-8,10-11,19H,1,9H2,(H,20,21). The van der Waals surface area contributed by atoms with Crippen LogP contribution in [-0.2, 0) is 10.0 Å². The van der Waals surface area contributed by atoms with Crippen LogP contribution in [0.15, 0.2) is 65.5 Å². The van der Waals surface area contributed by atoms with Crippen LogP contribution in [-0.4, -0.2) is 25.9 Å². The molecule has 0 aliphatic heterocycles. The van der Waals surface area contributed by atoms with Crippen LogP contribution in [0, 0.1) is 0 Å². The fourth-order valence-electron chi connectivity index (χ4n) is 2.18. The van der Waals surface area contributed by atoms with Gasteiger partial charge in [0.25, 0.3) is 5.91 Å². The first-order valence-corrected chi connectivity index (χ1v) is 9.71. The predicted octanol–water partition coefficient (Wildman–Crippen LogP) is 3.01. The maximum Gasteiger partial charge on any atom is 0.255 e. The molecule has 25 heavy (non-hydrogen) atoms. The van der Waals surface area contributed by atoms with Gasteiger partial charge in [0.2, 0.25) is 10.0 Å². The van der Waals surface area contributed by atoms with E-state index in [0.717, 1.165) is 10.2 Å². The van der Waals surface area contributed by atoms with Crippen LogP contribution in [0.4, 0.5) is 5.69 Å². The molecule has 0 aliphatic carbocycles. The highest BCUT2D eigenvalue weighted by atomic mass is 32.2. The number of sulfonamides is 1. The highest BCUT2D eigenvalue weighted by Crippen LogP contribution is 2.22. The molecule has 2 aromatic carbocycles. The van der Waals surface area contributed by atoms with Gasteiger partial charge in [-0.15, -0.1) is 17.9 Å². The molecule has 0 aliphatic rings. The van der Waals surface area contributed by atoms with E-state index in [1.807, 2.05) is 6.07 Å². The quantitative estimate of drug-likeness (QED) is 0.650. The minimum Gasteiger partial charge on any atom is -0.322 e. The Balaban J connectivity index is 1.75. The summed E-state index contributed by atoms with van der Waals surface area (Å²) in [4.78, 5) is 16.6. The molecule has 2 N–H and O–H groups in total. The summed E-state index contributed by atoms with van der Waals surface area (Å²) in [5, 5.41) is 2.78. The van der Waals surface area contributed by atoms with E-state index in [2.05, 4.69) is 21.6 Å². The van der Waals surface area contributed by atoms with Crippen LogP contribution in [0.1, 0.15) is 10.4 Å². The lowest BCUT2D eigenvalue weighted by atomic mass is 10.2. The van der Waals surface area contributed by atoms with Crippen molar-refractivity contribution in [3.05, 3.63) is 66.2 Å². The Morgan fingerprint density at radius 2 is 1.96 bits per heavy atom. The molecular weight excluding hydrogens is 358 g/mol. The Hall–Kier alpha value is -2.55. The molecule has 8 heteroatoms. The molecule has 128 valence electrons. The van der Waals surface area contributed by atoms with Crippen molar-refractivity contribution in [2.24, 2.45) is 0 Å². The SMILES string of the molecule is C=CCNS(=O)(=O)c1ccc(C(=O)Nc2ccc3scnc3c2)cc1. The summed E-state index contributed by atoms with van der Waals surface area (Å²) in [5.74, 6) is -0.322. The van der Waals surface area contributed by atoms with E-state index in [1.165, 1.54) is 41.7 Å². The Labute approximate surface area is 149 Å². The van der Waals surface area contributed by atoms with Crippen molar-refractivity contribution in [2.75, 3.05) is 11.9 Å². The number of anilines is 1. The topological polar surface area (TPSA) is 88.2 Å². The van der Waals surface area contributed by atoms with E-state index in [-0.39, 0.29) is 17.3 Å². The second kappa shape index (κ2) is 7.14. The van der Waals surface area contributed by atoms with Crippen molar-refractivity contribution in [3.8, 4) is 0 Å². The minimum absolute atomic E-state index is 0.0924. The van der Waals surface area contributed by atoms with E-state index in [9.17, 15) is 13.2 Å². The Bertz CT molecular complexity index is 1020. The zero-order valence-electron chi connectivity index (χ0n) is 13.1. The van der Waals surface area contributed by atoms with Crippen molar-refractivity contribution in [1.82, 2.24) is 9.71 Å². The summed E-state index contributed by atoms with van der Waals surface area (Å²) >= 11 is 1.53. The normalized spacial score (nSPS) is 11.4. The number of carbonyl (C=O) groups is 1. The number of thiazole rings is 1. The smallest absolute Gasteiger partial charge is 0.255 e. The third-order valence-electron chi connectivity index (χ3n) is 3.43. The number of rotatable bonds is 6. The zero-order valence-corrected chi connectivity index (χ0v) is 14.7. The summed E-state index contributed by atoms with van der Waals surface area (Å²) in [6, 6.07) is 11.2. The van der Waals surface area contributed by atoms with Gasteiger partial charge in [-0.2, -0.15) is 0 Å². The van der Waals surface area contributed by atoms with Crippen LogP contribution in [0.5, 0.6) is 0 Å². The van der Waals surface area contributed by atoms with Gasteiger partial charge in [0.1, 0.15) is 0 Å². The number of nitrogens with zero attached hydrogens (tertiary/aromatic N) is 1. The second-order valence-corrected chi connectivity index (χ2v) is 7.81. The molecule has 0 saturated carbocycles. The second-order valence-electron chi connectivity index (χ2n) is 5.15. The summed E-state index contributed by atoms with van der Waals surface area (Å²) in [7, 11) is -3.60. The number of amides is 1. The maximum absolute atomic E-state index is 12.3. The van der Waals surface area contributed by atoms with E-state index in [1.54, 1.807) is 17.6 Å². The van der Waals surface area contributed by atoms with Gasteiger partial charge in [-0.1, -0.05) is 6.08 Å². The van der Waals surface area contributed by atoms with Crippen molar-refractivity contribution in [1.29, 1.82) is 0 Å². The molecule has 0 saturated heterocycles. The zero-order chi connectivity index (χ0) is 17.9. The summed E-state index contributed by atoms with van der Waals surface area (Å²) < 4.78 is 27.4. The molecule has 0 bridgehead atoms. The lowest BCUT2D eigenvalue weighted by Gasteiger charge is -2.07. The van der Waals surface area contributed by atoms with E-state index in [0.29, 0.717) is 11.3 Å². The third-order valence-corrected chi connectivity index (χ3v) is 5.68. The lowest BCUT2D eigenvalue weighted by molar-refractivity contribution is 0.102. The molecule has 0 spiro atoms. The van der Waals surface area contributed by atoms with Crippen molar-refractivity contribution < 1.29 is 13.2 Å². The van der Waals surface area contributed by atoms with Gasteiger partial charge in [0, 0.05) is 17.8 Å². The average molecular weight is 373 g/mol. The molecule has 3 rings (SSSR count). The molecule has 1 amide bonds. The van der Waals surface area contributed by atoms with Gasteiger partial charge in [-0.05, 0) is 42.5 Å². The van der Waals surface area contributed by atoms with Gasteiger partial charge >= 0.3 is 0 Å². The minimum atomic E-state index is -3.60. The number of hydrogen-bond donors (Lipinski definition) is 2. The molecule has 6 nitrogen and oxygen atoms in total. The number of hydrogen-bond acceptors (Lipinski definition) is 5. The monoisotopic (exact) mass is 373 g/mol. The number of carbonyl (C=O) groups excluding carboxylic acids is 1. The van der Waals surface area contributed by atoms with Crippen LogP contribution < -0.4 is 10.0 Å². The fourth-order valence-corrected chi connectivity index (χ4v) is 3.83. The average Bonchev–Trinajstić information content (AvgIpc) is 3.08. The first kappa shape index (κ1) is 17.3. The summed E-state index contributed by atoms with van der Waals surface area (Å²) in [5.41, 5.74) is 3.56. The highest BCUT2D eigenvalue weighted by Gasteiger charge is 2.14. The van der Waals surface area contributed by atoms with E-state index < -0.39 is 10.0 Å². The Morgan fingerprint density at radius 3 is 2.68 bits per heavy atom. The Morgan fingerprint density at radius 1 is 1.20 bits per heavy atom. The number of nitrogens with one attached hydrogen (secondary N) is 2. The predicted molar refractivity (Wildman–Crippen MR) is 99.4 cm³/mol. The third kappa shape index (κ3) is 3.93. The van der Waals surface area contributed by atoms with E-state index >= 15 is 0 Å². The number of fused-ring (bicyclic) bond motifs is 1. The van der Waals surface area contributed by atoms with Crippen molar-refractivity contribution in [3.63, 3.8) is 0 Å². The molecule has 1 aromatic heterocycles. The lowest BCUT2D eigenvalue weighted by Crippen LogP contribution is -2.23. The molecule has 1 heterocycles. The van der Waals surface area contributed by atoms with E-state index in [4.69, 9.17) is 0 Å². The van der Waals surface area contributed by atoms with Crippen LogP contribution >= 0.6 is 11.3 Å². The van der Waals surface area contributed by atoms with Gasteiger partial charge in [0.05, 0.1) is 20.6 Å². The Kier molecular flexibility index (Phi) is 4.93. The first-order chi connectivity index (χ1) is 12.0. The fraction of sp³-hybridized carbons (Fsp3) is 0.0588. The van der Waals surface area contributed by atoms with Crippen LogP contribution in [0.25, 0.3) is 10.2 Å². The number of benzene rings is 2. The van der Waals surface area contributed by atoms with Crippen molar-refractivity contribution in [2.45, 2.75) is 4.90 Å². The highest BCUT2D eigenvalue weighted by molar-refractivity contribution is 7.89. The first-order valence-electron chi connectivity index (χ1n) is 7.35. The van der Waals surface area contributed by atoms with Gasteiger partial charge in [0.15, 0.2) is 0 Å². The molecular formula is C17H15N3O3S2. The number of aromatic nitrogens is 1. The molecule has 0 fully saturated rings. The molecule has 3 aromatic rings. The van der Waals surface area contributed by atoms with Gasteiger partial charge in [-0.3, -0.25) is 4.79 Å². The van der Waals surface area contributed by atoms with Gasteiger partial charge in [-0.25, -0.2) is 18.1 Å². The molecule has 0 radical (unpaired) electrons.